The highest BCUT2D eigenvalue weighted by Crippen LogP contribution is 2.66. The molecule has 4 aliphatic rings. The van der Waals surface area contributed by atoms with Crippen LogP contribution in [0.5, 0.6) is 5.75 Å². The number of ketones is 2. The Hall–Kier alpha value is -3.47. The molecule has 2 aromatic rings. The molecule has 0 spiro atoms. The molecule has 0 aromatic heterocycles. The molecule has 2 saturated carbocycles. The minimum absolute atomic E-state index is 0.0537. The number of anilines is 2. The standard InChI is InChI=1S/C31H37N3O7/c1-13(2)22-25(37)21(28(32)40)26(38)31(41)27(39)23-24(36)20-16(10-29(23,3)11-30(22,31)4)15(6-8-19(20)35)14-5-7-17-18(9-14)34-12-33-17/h5-9,13,21-23,25,27,33-35,37,39,41H,10-12H2,1-4H3,(H2,32,40)/t21-,22+,23-,25?,27?,29-,30-,31+/m1/s1. The van der Waals surface area contributed by atoms with Crippen molar-refractivity contribution in [3.63, 3.8) is 0 Å². The Morgan fingerprint density at radius 1 is 1.07 bits per heavy atom. The van der Waals surface area contributed by atoms with E-state index in [1.54, 1.807) is 13.0 Å². The number of hydrogen-bond donors (Lipinski definition) is 7. The van der Waals surface area contributed by atoms with Gasteiger partial charge in [0, 0.05) is 5.41 Å². The monoisotopic (exact) mass is 563 g/mol. The SMILES string of the molecule is CC(C)[C@H]1C(O)[C@@H](C(N)=O)C(=O)[C@]2(O)C(O)[C@H]3C(=O)c4c(O)ccc(-c5ccc6c(c5)NCN6)c4C[C@]3(C)C[C@]12C. The summed E-state index contributed by atoms with van der Waals surface area (Å²) in [5, 5.41) is 52.9. The summed E-state index contributed by atoms with van der Waals surface area (Å²) >= 11 is 0. The Labute approximate surface area is 238 Å². The average Bonchev–Trinajstić information content (AvgIpc) is 3.34. The maximum atomic E-state index is 14.3. The normalized spacial score (nSPS) is 37.4. The van der Waals surface area contributed by atoms with E-state index >= 15 is 0 Å². The largest absolute Gasteiger partial charge is 0.507 e. The van der Waals surface area contributed by atoms with Crippen LogP contribution in [0.15, 0.2) is 30.3 Å². The molecule has 0 saturated heterocycles. The lowest BCUT2D eigenvalue weighted by Gasteiger charge is -2.66. The van der Waals surface area contributed by atoms with E-state index in [1.807, 2.05) is 39.0 Å². The van der Waals surface area contributed by atoms with Crippen LogP contribution in [-0.4, -0.2) is 62.4 Å². The summed E-state index contributed by atoms with van der Waals surface area (Å²) in [5.41, 5.74) is 4.81. The number of amides is 1. The van der Waals surface area contributed by atoms with Gasteiger partial charge in [-0.05, 0) is 65.0 Å². The van der Waals surface area contributed by atoms with E-state index in [2.05, 4.69) is 10.6 Å². The fourth-order valence-corrected chi connectivity index (χ4v) is 9.05. The van der Waals surface area contributed by atoms with Gasteiger partial charge in [0.25, 0.3) is 0 Å². The van der Waals surface area contributed by atoms with Crippen LogP contribution >= 0.6 is 0 Å². The van der Waals surface area contributed by atoms with Crippen LogP contribution in [0.25, 0.3) is 11.1 Å². The van der Waals surface area contributed by atoms with Crippen molar-refractivity contribution in [1.82, 2.24) is 0 Å². The first-order valence-electron chi connectivity index (χ1n) is 14.1. The maximum Gasteiger partial charge on any atom is 0.230 e. The Bertz CT molecular complexity index is 1510. The molecule has 1 aliphatic heterocycles. The van der Waals surface area contributed by atoms with Crippen molar-refractivity contribution in [2.24, 2.45) is 40.2 Å². The molecular formula is C31H37N3O7. The Morgan fingerprint density at radius 3 is 2.41 bits per heavy atom. The van der Waals surface area contributed by atoms with Crippen LogP contribution in [0.4, 0.5) is 11.4 Å². The predicted octanol–water partition coefficient (Wildman–Crippen LogP) is 2.03. The highest BCUT2D eigenvalue weighted by Gasteiger charge is 2.75. The topological polar surface area (TPSA) is 182 Å². The smallest absolute Gasteiger partial charge is 0.230 e. The van der Waals surface area contributed by atoms with E-state index in [9.17, 15) is 34.8 Å². The zero-order valence-corrected chi connectivity index (χ0v) is 23.6. The number of fused-ring (bicyclic) bond motifs is 4. The van der Waals surface area contributed by atoms with Gasteiger partial charge >= 0.3 is 0 Å². The molecule has 0 bridgehead atoms. The third-order valence-corrected chi connectivity index (χ3v) is 10.6. The molecular weight excluding hydrogens is 526 g/mol. The van der Waals surface area contributed by atoms with E-state index in [1.165, 1.54) is 6.07 Å². The first kappa shape index (κ1) is 27.7. The van der Waals surface area contributed by atoms with Crippen LogP contribution in [0.1, 0.15) is 50.0 Å². The molecule has 8 atom stereocenters. The van der Waals surface area contributed by atoms with Crippen molar-refractivity contribution in [2.45, 2.75) is 58.3 Å². The van der Waals surface area contributed by atoms with Gasteiger partial charge in [0.15, 0.2) is 17.2 Å². The minimum Gasteiger partial charge on any atom is -0.507 e. The fraction of sp³-hybridized carbons (Fsp3) is 0.516. The number of primary amides is 1. The molecule has 218 valence electrons. The van der Waals surface area contributed by atoms with Gasteiger partial charge in [-0.25, -0.2) is 0 Å². The number of benzene rings is 2. The number of carbonyl (C=O) groups is 3. The quantitative estimate of drug-likeness (QED) is 0.275. The third kappa shape index (κ3) is 3.44. The van der Waals surface area contributed by atoms with Crippen LogP contribution in [0, 0.1) is 34.5 Å². The molecule has 2 unspecified atom stereocenters. The second-order valence-electron chi connectivity index (χ2n) is 13.3. The lowest BCUT2D eigenvalue weighted by atomic mass is 9.39. The number of hydrogen-bond acceptors (Lipinski definition) is 9. The van der Waals surface area contributed by atoms with E-state index in [4.69, 9.17) is 5.73 Å². The van der Waals surface area contributed by atoms with Crippen LogP contribution < -0.4 is 16.4 Å². The molecule has 10 nitrogen and oxygen atoms in total. The Kier molecular flexibility index (Phi) is 5.92. The van der Waals surface area contributed by atoms with Crippen LogP contribution in [0.2, 0.25) is 0 Å². The van der Waals surface area contributed by atoms with Crippen molar-refractivity contribution >= 4 is 28.8 Å². The van der Waals surface area contributed by atoms with E-state index in [0.29, 0.717) is 12.2 Å². The zero-order valence-electron chi connectivity index (χ0n) is 23.6. The first-order chi connectivity index (χ1) is 19.2. The van der Waals surface area contributed by atoms with Crippen molar-refractivity contribution in [1.29, 1.82) is 0 Å². The summed E-state index contributed by atoms with van der Waals surface area (Å²) in [4.78, 5) is 40.5. The summed E-state index contributed by atoms with van der Waals surface area (Å²) in [5.74, 6) is -7.05. The second-order valence-corrected chi connectivity index (χ2v) is 13.3. The van der Waals surface area contributed by atoms with Gasteiger partial charge in [0.2, 0.25) is 5.91 Å². The van der Waals surface area contributed by atoms with Gasteiger partial charge in [0.05, 0.1) is 35.6 Å². The summed E-state index contributed by atoms with van der Waals surface area (Å²) < 4.78 is 0. The minimum atomic E-state index is -2.52. The molecule has 3 aliphatic carbocycles. The number of phenolic OH excluding ortho intramolecular Hbond substituents is 1. The van der Waals surface area contributed by atoms with Gasteiger partial charge in [-0.15, -0.1) is 0 Å². The van der Waals surface area contributed by atoms with E-state index < -0.39 is 63.9 Å². The van der Waals surface area contributed by atoms with Gasteiger partial charge in [-0.1, -0.05) is 39.8 Å². The molecule has 8 N–H and O–H groups in total. The maximum absolute atomic E-state index is 14.3. The van der Waals surface area contributed by atoms with Gasteiger partial charge in [-0.3, -0.25) is 14.4 Å². The summed E-state index contributed by atoms with van der Waals surface area (Å²) in [6.45, 7) is 7.75. The number of aromatic hydroxyl groups is 1. The van der Waals surface area contributed by atoms with Crippen molar-refractivity contribution < 1.29 is 34.8 Å². The van der Waals surface area contributed by atoms with E-state index in [-0.39, 0.29) is 30.1 Å². The molecule has 6 rings (SSSR count). The molecule has 0 radical (unpaired) electrons. The number of phenols is 1. The lowest BCUT2D eigenvalue weighted by Crippen LogP contribution is -2.79. The van der Waals surface area contributed by atoms with Gasteiger partial charge < -0.3 is 36.8 Å². The third-order valence-electron chi connectivity index (χ3n) is 10.6. The predicted molar refractivity (Wildman–Crippen MR) is 151 cm³/mol. The summed E-state index contributed by atoms with van der Waals surface area (Å²) in [7, 11) is 0. The molecule has 1 heterocycles. The highest BCUT2D eigenvalue weighted by molar-refractivity contribution is 6.09. The lowest BCUT2D eigenvalue weighted by molar-refractivity contribution is -0.265. The molecule has 10 heteroatoms. The Morgan fingerprint density at radius 2 is 1.76 bits per heavy atom. The molecule has 2 aromatic carbocycles. The average molecular weight is 564 g/mol. The number of rotatable bonds is 3. The number of nitrogens with two attached hydrogens (primary N) is 1. The number of Topliss-reactive ketones (excluding diaryl/α,β-unsaturated/α-hetero) is 2. The molecule has 41 heavy (non-hydrogen) atoms. The Balaban J connectivity index is 1.54. The van der Waals surface area contributed by atoms with Crippen LogP contribution in [0.3, 0.4) is 0 Å². The first-order valence-corrected chi connectivity index (χ1v) is 14.1. The van der Waals surface area contributed by atoms with Gasteiger partial charge in [-0.2, -0.15) is 0 Å². The molecule has 1 amide bonds. The van der Waals surface area contributed by atoms with Gasteiger partial charge in [0.1, 0.15) is 17.8 Å². The van der Waals surface area contributed by atoms with E-state index in [0.717, 1.165) is 22.5 Å². The fourth-order valence-electron chi connectivity index (χ4n) is 9.05. The molecule has 2 fully saturated rings. The van der Waals surface area contributed by atoms with Crippen molar-refractivity contribution in [2.75, 3.05) is 17.3 Å². The number of aliphatic hydroxyl groups excluding tert-OH is 2. The number of nitrogens with one attached hydrogen (secondary N) is 2. The number of aliphatic hydroxyl groups is 3. The van der Waals surface area contributed by atoms with Crippen molar-refractivity contribution in [3.05, 3.63) is 41.5 Å². The zero-order chi connectivity index (χ0) is 29.8. The number of carbonyl (C=O) groups excluding carboxylic acids is 3. The van der Waals surface area contributed by atoms with Crippen LogP contribution in [-0.2, 0) is 16.0 Å². The summed E-state index contributed by atoms with van der Waals surface area (Å²) in [6.07, 6.45) is -2.99. The highest BCUT2D eigenvalue weighted by atomic mass is 16.4. The summed E-state index contributed by atoms with van der Waals surface area (Å²) in [6, 6.07) is 9.08. The second kappa shape index (κ2) is 8.77. The van der Waals surface area contributed by atoms with Crippen molar-refractivity contribution in [3.8, 4) is 16.9 Å².